The lowest BCUT2D eigenvalue weighted by atomic mass is 9.75. The number of allylic oxidation sites excluding steroid dienone is 1. The Hall–Kier alpha value is -0.670. The van der Waals surface area contributed by atoms with E-state index in [0.29, 0.717) is 6.42 Å². The van der Waals surface area contributed by atoms with Crippen molar-refractivity contribution in [1.82, 2.24) is 4.98 Å². The van der Waals surface area contributed by atoms with Crippen molar-refractivity contribution < 1.29 is 5.11 Å². The van der Waals surface area contributed by atoms with Gasteiger partial charge in [-0.05, 0) is 18.3 Å². The zero-order valence-corrected chi connectivity index (χ0v) is 10.0. The van der Waals surface area contributed by atoms with Crippen molar-refractivity contribution in [2.75, 3.05) is 0 Å². The molecule has 0 radical (unpaired) electrons. The van der Waals surface area contributed by atoms with E-state index in [9.17, 15) is 5.11 Å². The lowest BCUT2D eigenvalue weighted by Gasteiger charge is -2.34. The Morgan fingerprint density at radius 3 is 2.73 bits per heavy atom. The van der Waals surface area contributed by atoms with Gasteiger partial charge in [0.05, 0.1) is 16.8 Å². The quantitative estimate of drug-likeness (QED) is 0.782. The van der Waals surface area contributed by atoms with Crippen LogP contribution in [-0.2, 0) is 6.42 Å². The molecule has 1 unspecified atom stereocenters. The highest BCUT2D eigenvalue weighted by Gasteiger charge is 2.32. The SMILES string of the molecule is CC1(C)C=CC(O)(Cc2cscn2)CC1. The Morgan fingerprint density at radius 1 is 1.40 bits per heavy atom. The minimum atomic E-state index is -0.677. The fraction of sp³-hybridized carbons (Fsp3) is 0.583. The van der Waals surface area contributed by atoms with Crippen molar-refractivity contribution >= 4 is 11.3 Å². The molecule has 1 heterocycles. The highest BCUT2D eigenvalue weighted by atomic mass is 32.1. The summed E-state index contributed by atoms with van der Waals surface area (Å²) < 4.78 is 0. The Labute approximate surface area is 94.7 Å². The van der Waals surface area contributed by atoms with E-state index in [4.69, 9.17) is 0 Å². The first kappa shape index (κ1) is 10.8. The fourth-order valence-electron chi connectivity index (χ4n) is 1.87. The summed E-state index contributed by atoms with van der Waals surface area (Å²) in [5.74, 6) is 0. The zero-order valence-electron chi connectivity index (χ0n) is 9.23. The Bertz CT molecular complexity index is 356. The van der Waals surface area contributed by atoms with Crippen LogP contribution in [-0.4, -0.2) is 15.7 Å². The molecule has 0 saturated heterocycles. The number of thiazole rings is 1. The number of hydrogen-bond donors (Lipinski definition) is 1. The number of aliphatic hydroxyl groups is 1. The van der Waals surface area contributed by atoms with E-state index in [-0.39, 0.29) is 5.41 Å². The first-order valence-electron chi connectivity index (χ1n) is 5.29. The topological polar surface area (TPSA) is 33.1 Å². The number of hydrogen-bond acceptors (Lipinski definition) is 3. The Kier molecular flexibility index (Phi) is 2.69. The summed E-state index contributed by atoms with van der Waals surface area (Å²) in [5.41, 5.74) is 2.36. The van der Waals surface area contributed by atoms with Crippen LogP contribution in [0.25, 0.3) is 0 Å². The molecule has 0 saturated carbocycles. The zero-order chi connectivity index (χ0) is 10.9. The van der Waals surface area contributed by atoms with Gasteiger partial charge in [0, 0.05) is 11.8 Å². The van der Waals surface area contributed by atoms with Crippen molar-refractivity contribution in [3.63, 3.8) is 0 Å². The second-order valence-corrected chi connectivity index (χ2v) is 5.80. The third-order valence-corrected chi connectivity index (χ3v) is 3.65. The molecule has 2 rings (SSSR count). The van der Waals surface area contributed by atoms with Crippen LogP contribution in [0.4, 0.5) is 0 Å². The molecule has 0 spiro atoms. The summed E-state index contributed by atoms with van der Waals surface area (Å²) in [6, 6.07) is 0. The average molecular weight is 223 g/mol. The van der Waals surface area contributed by atoms with E-state index in [1.807, 2.05) is 17.0 Å². The maximum Gasteiger partial charge on any atom is 0.0883 e. The van der Waals surface area contributed by atoms with E-state index in [0.717, 1.165) is 18.5 Å². The van der Waals surface area contributed by atoms with Crippen LogP contribution in [0.1, 0.15) is 32.4 Å². The molecular weight excluding hydrogens is 206 g/mol. The van der Waals surface area contributed by atoms with Crippen LogP contribution in [0.15, 0.2) is 23.0 Å². The van der Waals surface area contributed by atoms with Gasteiger partial charge in [0.15, 0.2) is 0 Å². The number of aromatic nitrogens is 1. The van der Waals surface area contributed by atoms with Gasteiger partial charge in [-0.15, -0.1) is 11.3 Å². The molecule has 1 aliphatic carbocycles. The fourth-order valence-corrected chi connectivity index (χ4v) is 2.43. The minimum Gasteiger partial charge on any atom is -0.385 e. The number of rotatable bonds is 2. The van der Waals surface area contributed by atoms with Gasteiger partial charge in [-0.1, -0.05) is 26.0 Å². The van der Waals surface area contributed by atoms with E-state index in [1.165, 1.54) is 0 Å². The molecule has 1 atom stereocenters. The molecular formula is C12H17NOS. The van der Waals surface area contributed by atoms with Gasteiger partial charge in [-0.3, -0.25) is 0 Å². The summed E-state index contributed by atoms with van der Waals surface area (Å²) in [5, 5.41) is 12.4. The summed E-state index contributed by atoms with van der Waals surface area (Å²) in [6.07, 6.45) is 6.58. The molecule has 0 bridgehead atoms. The summed E-state index contributed by atoms with van der Waals surface area (Å²) in [6.45, 7) is 4.40. The summed E-state index contributed by atoms with van der Waals surface area (Å²) in [7, 11) is 0. The third kappa shape index (κ3) is 2.67. The molecule has 1 N–H and O–H groups in total. The van der Waals surface area contributed by atoms with Crippen LogP contribution >= 0.6 is 11.3 Å². The Balaban J connectivity index is 2.09. The minimum absolute atomic E-state index is 0.230. The molecule has 15 heavy (non-hydrogen) atoms. The van der Waals surface area contributed by atoms with Gasteiger partial charge >= 0.3 is 0 Å². The molecule has 0 aromatic carbocycles. The van der Waals surface area contributed by atoms with Gasteiger partial charge in [0.1, 0.15) is 0 Å². The highest BCUT2D eigenvalue weighted by Crippen LogP contribution is 2.35. The lowest BCUT2D eigenvalue weighted by Crippen LogP contribution is -2.34. The van der Waals surface area contributed by atoms with Crippen LogP contribution < -0.4 is 0 Å². The lowest BCUT2D eigenvalue weighted by molar-refractivity contribution is 0.0602. The second-order valence-electron chi connectivity index (χ2n) is 5.08. The van der Waals surface area contributed by atoms with Crippen molar-refractivity contribution in [2.45, 2.75) is 38.7 Å². The van der Waals surface area contributed by atoms with Crippen LogP contribution in [0.2, 0.25) is 0 Å². The summed E-state index contributed by atoms with van der Waals surface area (Å²) in [4.78, 5) is 4.22. The average Bonchev–Trinajstić information content (AvgIpc) is 2.64. The highest BCUT2D eigenvalue weighted by molar-refractivity contribution is 7.07. The molecule has 1 aromatic heterocycles. The molecule has 1 aromatic rings. The molecule has 2 nitrogen and oxygen atoms in total. The second kappa shape index (κ2) is 3.72. The third-order valence-electron chi connectivity index (χ3n) is 3.02. The smallest absolute Gasteiger partial charge is 0.0883 e. The Morgan fingerprint density at radius 2 is 2.20 bits per heavy atom. The van der Waals surface area contributed by atoms with Gasteiger partial charge < -0.3 is 5.11 Å². The molecule has 82 valence electrons. The first-order chi connectivity index (χ1) is 6.99. The van der Waals surface area contributed by atoms with Crippen molar-refractivity contribution in [3.8, 4) is 0 Å². The van der Waals surface area contributed by atoms with Crippen LogP contribution in [0.3, 0.4) is 0 Å². The van der Waals surface area contributed by atoms with E-state index in [2.05, 4.69) is 24.9 Å². The predicted molar refractivity (Wildman–Crippen MR) is 62.9 cm³/mol. The van der Waals surface area contributed by atoms with E-state index >= 15 is 0 Å². The molecule has 0 fully saturated rings. The first-order valence-corrected chi connectivity index (χ1v) is 6.23. The molecule has 3 heteroatoms. The largest absolute Gasteiger partial charge is 0.385 e. The molecule has 1 aliphatic rings. The molecule has 0 amide bonds. The standard InChI is InChI=1S/C12H17NOS/c1-11(2)3-5-12(14,6-4-11)7-10-8-15-9-13-10/h3,5,8-9,14H,4,6-7H2,1-2H3. The number of nitrogens with zero attached hydrogens (tertiary/aromatic N) is 1. The van der Waals surface area contributed by atoms with Crippen LogP contribution in [0.5, 0.6) is 0 Å². The predicted octanol–water partition coefficient (Wildman–Crippen LogP) is 2.79. The maximum absolute atomic E-state index is 10.4. The normalized spacial score (nSPS) is 29.3. The van der Waals surface area contributed by atoms with E-state index in [1.54, 1.807) is 11.3 Å². The van der Waals surface area contributed by atoms with Crippen molar-refractivity contribution in [2.24, 2.45) is 5.41 Å². The van der Waals surface area contributed by atoms with Gasteiger partial charge in [-0.25, -0.2) is 4.98 Å². The van der Waals surface area contributed by atoms with Crippen LogP contribution in [0, 0.1) is 5.41 Å². The summed E-state index contributed by atoms with van der Waals surface area (Å²) >= 11 is 1.58. The van der Waals surface area contributed by atoms with Gasteiger partial charge in [0.25, 0.3) is 0 Å². The van der Waals surface area contributed by atoms with Gasteiger partial charge in [0.2, 0.25) is 0 Å². The van der Waals surface area contributed by atoms with Crippen molar-refractivity contribution in [1.29, 1.82) is 0 Å². The molecule has 0 aliphatic heterocycles. The maximum atomic E-state index is 10.4. The van der Waals surface area contributed by atoms with Crippen molar-refractivity contribution in [3.05, 3.63) is 28.7 Å². The van der Waals surface area contributed by atoms with E-state index < -0.39 is 5.60 Å². The monoisotopic (exact) mass is 223 g/mol. The van der Waals surface area contributed by atoms with Gasteiger partial charge in [-0.2, -0.15) is 0 Å².